The SMILES string of the molecule is O=C(CNC(=O)c1cccs1)NNC(=O)c1ccc(Cn2nnc(-c3ccccc3)n2)cc1. The van der Waals surface area contributed by atoms with Crippen molar-refractivity contribution in [1.29, 1.82) is 0 Å². The van der Waals surface area contributed by atoms with Crippen molar-refractivity contribution < 1.29 is 14.4 Å². The Balaban J connectivity index is 1.25. The average molecular weight is 462 g/mol. The zero-order valence-corrected chi connectivity index (χ0v) is 18.1. The summed E-state index contributed by atoms with van der Waals surface area (Å²) in [4.78, 5) is 37.9. The molecule has 0 atom stereocenters. The van der Waals surface area contributed by atoms with E-state index in [0.717, 1.165) is 11.1 Å². The van der Waals surface area contributed by atoms with Gasteiger partial charge in [0, 0.05) is 11.1 Å². The van der Waals surface area contributed by atoms with Crippen molar-refractivity contribution in [3.63, 3.8) is 0 Å². The molecule has 166 valence electrons. The molecule has 0 aliphatic heterocycles. The van der Waals surface area contributed by atoms with Gasteiger partial charge in [-0.1, -0.05) is 48.5 Å². The summed E-state index contributed by atoms with van der Waals surface area (Å²) in [6.45, 7) is 0.133. The summed E-state index contributed by atoms with van der Waals surface area (Å²) in [5.74, 6) is -0.838. The maximum atomic E-state index is 12.3. The van der Waals surface area contributed by atoms with Gasteiger partial charge in [0.05, 0.1) is 18.0 Å². The minimum atomic E-state index is -0.545. The molecule has 3 amide bonds. The minimum absolute atomic E-state index is 0.258. The topological polar surface area (TPSA) is 131 Å². The molecular weight excluding hydrogens is 442 g/mol. The molecule has 2 aromatic heterocycles. The maximum absolute atomic E-state index is 12.3. The van der Waals surface area contributed by atoms with Gasteiger partial charge >= 0.3 is 0 Å². The first kappa shape index (κ1) is 21.8. The molecule has 0 bridgehead atoms. The van der Waals surface area contributed by atoms with Crippen molar-refractivity contribution in [1.82, 2.24) is 36.4 Å². The summed E-state index contributed by atoms with van der Waals surface area (Å²) in [5, 5.41) is 16.7. The third kappa shape index (κ3) is 5.86. The van der Waals surface area contributed by atoms with Gasteiger partial charge in [-0.2, -0.15) is 4.80 Å². The van der Waals surface area contributed by atoms with E-state index < -0.39 is 11.8 Å². The summed E-state index contributed by atoms with van der Waals surface area (Å²) in [6.07, 6.45) is 0. The van der Waals surface area contributed by atoms with Gasteiger partial charge in [0.2, 0.25) is 5.82 Å². The number of hydrogen-bond donors (Lipinski definition) is 3. The Labute approximate surface area is 192 Å². The fourth-order valence-electron chi connectivity index (χ4n) is 2.84. The molecule has 2 aromatic carbocycles. The number of thiophene rings is 1. The number of carbonyl (C=O) groups excluding carboxylic acids is 3. The van der Waals surface area contributed by atoms with E-state index in [0.29, 0.717) is 22.8 Å². The Morgan fingerprint density at radius 3 is 2.39 bits per heavy atom. The van der Waals surface area contributed by atoms with E-state index >= 15 is 0 Å². The van der Waals surface area contributed by atoms with Gasteiger partial charge in [-0.3, -0.25) is 25.2 Å². The molecule has 0 spiro atoms. The monoisotopic (exact) mass is 461 g/mol. The molecule has 0 saturated heterocycles. The Morgan fingerprint density at radius 2 is 1.67 bits per heavy atom. The Kier molecular flexibility index (Phi) is 6.81. The van der Waals surface area contributed by atoms with Gasteiger partial charge in [-0.15, -0.1) is 21.5 Å². The van der Waals surface area contributed by atoms with E-state index in [9.17, 15) is 14.4 Å². The predicted molar refractivity (Wildman–Crippen MR) is 121 cm³/mol. The van der Waals surface area contributed by atoms with Gasteiger partial charge in [-0.05, 0) is 34.4 Å². The number of amides is 3. The molecule has 11 heteroatoms. The lowest BCUT2D eigenvalue weighted by molar-refractivity contribution is -0.120. The highest BCUT2D eigenvalue weighted by Crippen LogP contribution is 2.13. The van der Waals surface area contributed by atoms with Crippen molar-refractivity contribution in [2.45, 2.75) is 6.54 Å². The van der Waals surface area contributed by atoms with Crippen LogP contribution in [0.5, 0.6) is 0 Å². The van der Waals surface area contributed by atoms with Crippen LogP contribution >= 0.6 is 11.3 Å². The summed E-state index contributed by atoms with van der Waals surface area (Å²) in [6, 6.07) is 19.7. The van der Waals surface area contributed by atoms with E-state index in [-0.39, 0.29) is 12.5 Å². The average Bonchev–Trinajstić information content (AvgIpc) is 3.55. The first-order valence-electron chi connectivity index (χ1n) is 9.91. The second-order valence-electron chi connectivity index (χ2n) is 6.87. The van der Waals surface area contributed by atoms with E-state index in [2.05, 4.69) is 31.6 Å². The van der Waals surface area contributed by atoms with Gasteiger partial charge in [0.15, 0.2) is 0 Å². The number of tetrazole rings is 1. The highest BCUT2D eigenvalue weighted by molar-refractivity contribution is 7.12. The molecule has 0 fully saturated rings. The summed E-state index contributed by atoms with van der Waals surface area (Å²) in [7, 11) is 0. The number of hydrazine groups is 1. The van der Waals surface area contributed by atoms with Crippen molar-refractivity contribution in [2.75, 3.05) is 6.54 Å². The standard InChI is InChI=1S/C22H19N7O3S/c30-19(13-23-22(32)18-7-4-12-33-18)24-26-21(31)17-10-8-15(9-11-17)14-29-27-20(25-28-29)16-5-2-1-3-6-16/h1-12H,13-14H2,(H,23,32)(H,24,30)(H,26,31). The fourth-order valence-corrected chi connectivity index (χ4v) is 3.48. The second kappa shape index (κ2) is 10.3. The lowest BCUT2D eigenvalue weighted by Crippen LogP contribution is -2.46. The molecule has 2 heterocycles. The van der Waals surface area contributed by atoms with Crippen LogP contribution in [-0.2, 0) is 11.3 Å². The number of hydrogen-bond acceptors (Lipinski definition) is 7. The van der Waals surface area contributed by atoms with Crippen LogP contribution in [0.1, 0.15) is 25.6 Å². The molecule has 3 N–H and O–H groups in total. The smallest absolute Gasteiger partial charge is 0.269 e. The molecular formula is C22H19N7O3S. The fraction of sp³-hybridized carbons (Fsp3) is 0.0909. The largest absolute Gasteiger partial charge is 0.342 e. The van der Waals surface area contributed by atoms with Crippen molar-refractivity contribution in [3.05, 3.63) is 88.1 Å². The summed E-state index contributed by atoms with van der Waals surface area (Å²) >= 11 is 1.27. The van der Waals surface area contributed by atoms with E-state index in [4.69, 9.17) is 0 Å². The van der Waals surface area contributed by atoms with Crippen molar-refractivity contribution >= 4 is 29.1 Å². The van der Waals surface area contributed by atoms with Crippen LogP contribution in [0.4, 0.5) is 0 Å². The number of benzene rings is 2. The second-order valence-corrected chi connectivity index (χ2v) is 7.82. The van der Waals surface area contributed by atoms with Crippen LogP contribution in [0.2, 0.25) is 0 Å². The molecule has 10 nitrogen and oxygen atoms in total. The number of rotatable bonds is 7. The van der Waals surface area contributed by atoms with Crippen molar-refractivity contribution in [3.8, 4) is 11.4 Å². The molecule has 0 aliphatic rings. The van der Waals surface area contributed by atoms with Gasteiger partial charge in [0.25, 0.3) is 17.7 Å². The summed E-state index contributed by atoms with van der Waals surface area (Å²) < 4.78 is 0. The molecule has 0 radical (unpaired) electrons. The van der Waals surface area contributed by atoms with E-state index in [1.807, 2.05) is 30.3 Å². The highest BCUT2D eigenvalue weighted by atomic mass is 32.1. The van der Waals surface area contributed by atoms with E-state index in [1.54, 1.807) is 41.8 Å². The van der Waals surface area contributed by atoms with Gasteiger partial charge < -0.3 is 5.32 Å². The van der Waals surface area contributed by atoms with E-state index in [1.165, 1.54) is 16.1 Å². The Bertz CT molecular complexity index is 1240. The van der Waals surface area contributed by atoms with Crippen LogP contribution in [0.15, 0.2) is 72.1 Å². The third-order valence-electron chi connectivity index (χ3n) is 4.49. The van der Waals surface area contributed by atoms with Gasteiger partial charge in [0.1, 0.15) is 0 Å². The zero-order valence-electron chi connectivity index (χ0n) is 17.3. The molecule has 0 unspecified atom stereocenters. The minimum Gasteiger partial charge on any atom is -0.342 e. The first-order chi connectivity index (χ1) is 16.1. The lowest BCUT2D eigenvalue weighted by Gasteiger charge is -2.08. The van der Waals surface area contributed by atoms with Crippen molar-refractivity contribution in [2.24, 2.45) is 0 Å². The first-order valence-corrected chi connectivity index (χ1v) is 10.8. The Hall–Kier alpha value is -4.38. The molecule has 33 heavy (non-hydrogen) atoms. The molecule has 0 aliphatic carbocycles. The summed E-state index contributed by atoms with van der Waals surface area (Å²) in [5.41, 5.74) is 6.71. The molecule has 4 rings (SSSR count). The lowest BCUT2D eigenvalue weighted by atomic mass is 10.1. The normalized spacial score (nSPS) is 10.4. The van der Waals surface area contributed by atoms with Crippen LogP contribution in [0, 0.1) is 0 Å². The third-order valence-corrected chi connectivity index (χ3v) is 5.36. The van der Waals surface area contributed by atoms with Crippen LogP contribution < -0.4 is 16.2 Å². The highest BCUT2D eigenvalue weighted by Gasteiger charge is 2.11. The molecule has 0 saturated carbocycles. The number of nitrogens with one attached hydrogen (secondary N) is 3. The maximum Gasteiger partial charge on any atom is 0.269 e. The zero-order chi connectivity index (χ0) is 23.0. The van der Waals surface area contributed by atoms with Crippen LogP contribution in [-0.4, -0.2) is 44.5 Å². The number of aromatic nitrogens is 4. The number of carbonyl (C=O) groups is 3. The Morgan fingerprint density at radius 1 is 0.879 bits per heavy atom. The van der Waals surface area contributed by atoms with Crippen LogP contribution in [0.25, 0.3) is 11.4 Å². The quantitative estimate of drug-likeness (QED) is 0.359. The predicted octanol–water partition coefficient (Wildman–Crippen LogP) is 1.64. The molecule has 4 aromatic rings. The number of nitrogens with zero attached hydrogens (tertiary/aromatic N) is 4. The van der Waals surface area contributed by atoms with Gasteiger partial charge in [-0.25, -0.2) is 0 Å². The van der Waals surface area contributed by atoms with Crippen LogP contribution in [0.3, 0.4) is 0 Å².